The molecule has 92 valence electrons. The molecule has 0 spiro atoms. The van der Waals surface area contributed by atoms with Crippen LogP contribution in [0.5, 0.6) is 0 Å². The van der Waals surface area contributed by atoms with Crippen molar-refractivity contribution < 1.29 is 8.42 Å². The molecule has 0 saturated heterocycles. The fraction of sp³-hybridized carbons (Fsp3) is 1.00. The Morgan fingerprint density at radius 2 is 1.80 bits per heavy atom. The van der Waals surface area contributed by atoms with E-state index in [2.05, 4.69) is 20.7 Å². The minimum atomic E-state index is -3.06. The maximum Gasteiger partial charge on any atom is 0.211 e. The molecule has 0 fully saturated rings. The lowest BCUT2D eigenvalue weighted by Gasteiger charge is -2.17. The molecule has 0 aliphatic heterocycles. The molecular weight excluding hydrogens is 278 g/mol. The Labute approximate surface area is 102 Å². The highest BCUT2D eigenvalue weighted by molar-refractivity contribution is 9.09. The lowest BCUT2D eigenvalue weighted by atomic mass is 9.94. The van der Waals surface area contributed by atoms with E-state index in [1.807, 2.05) is 20.8 Å². The molecule has 0 unspecified atom stereocenters. The van der Waals surface area contributed by atoms with Gasteiger partial charge in [-0.25, -0.2) is 13.1 Å². The average molecular weight is 300 g/mol. The molecule has 0 aliphatic carbocycles. The van der Waals surface area contributed by atoms with E-state index in [1.165, 1.54) is 0 Å². The van der Waals surface area contributed by atoms with Crippen LogP contribution in [0.4, 0.5) is 0 Å². The zero-order valence-electron chi connectivity index (χ0n) is 9.85. The second-order valence-electron chi connectivity index (χ2n) is 4.92. The van der Waals surface area contributed by atoms with Crippen molar-refractivity contribution in [3.63, 3.8) is 0 Å². The molecule has 0 atom stereocenters. The number of alkyl halides is 1. The summed E-state index contributed by atoms with van der Waals surface area (Å²) in [6, 6.07) is 0. The van der Waals surface area contributed by atoms with Crippen molar-refractivity contribution in [2.75, 3.05) is 17.6 Å². The monoisotopic (exact) mass is 299 g/mol. The number of nitrogens with one attached hydrogen (secondary N) is 1. The fourth-order valence-electron chi connectivity index (χ4n) is 0.960. The van der Waals surface area contributed by atoms with E-state index in [-0.39, 0.29) is 11.2 Å². The maximum atomic E-state index is 11.5. The summed E-state index contributed by atoms with van der Waals surface area (Å²) in [5.74, 6) is 0.227. The molecule has 0 aromatic rings. The number of halogens is 1. The van der Waals surface area contributed by atoms with Gasteiger partial charge >= 0.3 is 0 Å². The minimum Gasteiger partial charge on any atom is -0.215 e. The molecule has 0 saturated carbocycles. The Morgan fingerprint density at radius 3 is 2.27 bits per heavy atom. The van der Waals surface area contributed by atoms with Crippen LogP contribution in [0.2, 0.25) is 0 Å². The van der Waals surface area contributed by atoms with Crippen LogP contribution < -0.4 is 4.72 Å². The van der Waals surface area contributed by atoms with E-state index in [0.29, 0.717) is 13.0 Å². The third-order valence-corrected chi connectivity index (χ3v) is 3.95. The molecule has 0 aliphatic rings. The maximum absolute atomic E-state index is 11.5. The average Bonchev–Trinajstić information content (AvgIpc) is 2.09. The Morgan fingerprint density at radius 1 is 1.20 bits per heavy atom. The summed E-state index contributed by atoms with van der Waals surface area (Å²) in [5.41, 5.74) is 0.0740. The molecular formula is C10H22BrNO2S. The van der Waals surface area contributed by atoms with Crippen LogP contribution in [-0.2, 0) is 10.0 Å². The van der Waals surface area contributed by atoms with Crippen molar-refractivity contribution in [3.8, 4) is 0 Å². The van der Waals surface area contributed by atoms with Gasteiger partial charge in [-0.3, -0.25) is 0 Å². The molecule has 15 heavy (non-hydrogen) atoms. The molecule has 5 heteroatoms. The van der Waals surface area contributed by atoms with Gasteiger partial charge in [0.1, 0.15) is 0 Å². The first-order chi connectivity index (χ1) is 6.77. The summed E-state index contributed by atoms with van der Waals surface area (Å²) in [4.78, 5) is 0. The highest BCUT2D eigenvalue weighted by Gasteiger charge is 2.16. The quantitative estimate of drug-likeness (QED) is 0.580. The zero-order chi connectivity index (χ0) is 11.9. The molecule has 1 N–H and O–H groups in total. The third kappa shape index (κ3) is 10.7. The summed E-state index contributed by atoms with van der Waals surface area (Å²) < 4.78 is 25.7. The Kier molecular flexibility index (Phi) is 7.04. The summed E-state index contributed by atoms with van der Waals surface area (Å²) in [7, 11) is -3.06. The van der Waals surface area contributed by atoms with E-state index in [9.17, 15) is 8.42 Å². The number of hydrogen-bond acceptors (Lipinski definition) is 2. The van der Waals surface area contributed by atoms with Gasteiger partial charge < -0.3 is 0 Å². The molecule has 0 amide bonds. The lowest BCUT2D eigenvalue weighted by Crippen LogP contribution is -2.29. The number of hydrogen-bond donors (Lipinski definition) is 1. The van der Waals surface area contributed by atoms with E-state index in [1.54, 1.807) is 0 Å². The Bertz CT molecular complexity index is 257. The van der Waals surface area contributed by atoms with Gasteiger partial charge in [-0.15, -0.1) is 0 Å². The number of rotatable bonds is 7. The van der Waals surface area contributed by atoms with Gasteiger partial charge in [-0.1, -0.05) is 36.7 Å². The SMILES string of the molecule is CC(C)(C)CCS(=O)(=O)NCCCCBr. The minimum absolute atomic E-state index is 0.0740. The van der Waals surface area contributed by atoms with Crippen molar-refractivity contribution >= 4 is 26.0 Å². The predicted octanol–water partition coefficient (Wildman–Crippen LogP) is 2.52. The van der Waals surface area contributed by atoms with Crippen LogP contribution in [0.25, 0.3) is 0 Å². The van der Waals surface area contributed by atoms with Crippen LogP contribution in [0.1, 0.15) is 40.0 Å². The summed E-state index contributed by atoms with van der Waals surface area (Å²) in [6.45, 7) is 6.70. The number of unbranched alkanes of at least 4 members (excludes halogenated alkanes) is 1. The highest BCUT2D eigenvalue weighted by atomic mass is 79.9. The molecule has 0 aromatic carbocycles. The first kappa shape index (κ1) is 15.4. The fourth-order valence-corrected chi connectivity index (χ4v) is 2.84. The van der Waals surface area contributed by atoms with Crippen LogP contribution in [0, 0.1) is 5.41 Å². The second kappa shape index (κ2) is 6.86. The zero-order valence-corrected chi connectivity index (χ0v) is 12.2. The smallest absolute Gasteiger partial charge is 0.211 e. The molecule has 0 bridgehead atoms. The molecule has 0 rings (SSSR count). The normalized spacial score (nSPS) is 13.1. The Hall–Kier alpha value is 0.390. The van der Waals surface area contributed by atoms with E-state index in [0.717, 1.165) is 18.2 Å². The Balaban J connectivity index is 3.78. The standard InChI is InChI=1S/C10H22BrNO2S/c1-10(2,3)6-9-15(13,14)12-8-5-4-7-11/h12H,4-9H2,1-3H3. The van der Waals surface area contributed by atoms with Crippen LogP contribution in [0.3, 0.4) is 0 Å². The van der Waals surface area contributed by atoms with Crippen molar-refractivity contribution in [1.29, 1.82) is 0 Å². The first-order valence-corrected chi connectivity index (χ1v) is 8.07. The molecule has 3 nitrogen and oxygen atoms in total. The van der Waals surface area contributed by atoms with Crippen molar-refractivity contribution in [2.24, 2.45) is 5.41 Å². The number of sulfonamides is 1. The van der Waals surface area contributed by atoms with Gasteiger partial charge in [0.05, 0.1) is 5.75 Å². The van der Waals surface area contributed by atoms with E-state index < -0.39 is 10.0 Å². The van der Waals surface area contributed by atoms with Crippen molar-refractivity contribution in [2.45, 2.75) is 40.0 Å². The van der Waals surface area contributed by atoms with Gasteiger partial charge in [-0.2, -0.15) is 0 Å². The van der Waals surface area contributed by atoms with Gasteiger partial charge in [0.15, 0.2) is 0 Å². The third-order valence-electron chi connectivity index (χ3n) is 2.00. The second-order valence-corrected chi connectivity index (χ2v) is 7.64. The predicted molar refractivity (Wildman–Crippen MR) is 68.9 cm³/mol. The van der Waals surface area contributed by atoms with Crippen LogP contribution in [0.15, 0.2) is 0 Å². The van der Waals surface area contributed by atoms with Crippen LogP contribution in [-0.4, -0.2) is 26.0 Å². The van der Waals surface area contributed by atoms with Crippen LogP contribution >= 0.6 is 15.9 Å². The molecule has 0 radical (unpaired) electrons. The van der Waals surface area contributed by atoms with E-state index >= 15 is 0 Å². The largest absolute Gasteiger partial charge is 0.215 e. The molecule has 0 heterocycles. The summed E-state index contributed by atoms with van der Waals surface area (Å²) in [6.07, 6.45) is 2.59. The first-order valence-electron chi connectivity index (χ1n) is 5.30. The van der Waals surface area contributed by atoms with Gasteiger partial charge in [0.2, 0.25) is 10.0 Å². The molecule has 0 aromatic heterocycles. The van der Waals surface area contributed by atoms with Crippen molar-refractivity contribution in [3.05, 3.63) is 0 Å². The van der Waals surface area contributed by atoms with Gasteiger partial charge in [0, 0.05) is 11.9 Å². The van der Waals surface area contributed by atoms with Gasteiger partial charge in [0.25, 0.3) is 0 Å². The summed E-state index contributed by atoms with van der Waals surface area (Å²) in [5, 5.41) is 0.927. The van der Waals surface area contributed by atoms with Crippen molar-refractivity contribution in [1.82, 2.24) is 4.72 Å². The topological polar surface area (TPSA) is 46.2 Å². The summed E-state index contributed by atoms with van der Waals surface area (Å²) >= 11 is 3.31. The highest BCUT2D eigenvalue weighted by Crippen LogP contribution is 2.18. The lowest BCUT2D eigenvalue weighted by molar-refractivity contribution is 0.396. The van der Waals surface area contributed by atoms with E-state index in [4.69, 9.17) is 0 Å². The van der Waals surface area contributed by atoms with Gasteiger partial charge in [-0.05, 0) is 24.7 Å².